The lowest BCUT2D eigenvalue weighted by atomic mass is 10.0. The van der Waals surface area contributed by atoms with Crippen molar-refractivity contribution in [2.45, 2.75) is 13.8 Å². The molecule has 0 aliphatic carbocycles. The monoisotopic (exact) mass is 265 g/mol. The predicted molar refractivity (Wildman–Crippen MR) is 85.7 cm³/mol. The van der Waals surface area contributed by atoms with E-state index in [4.69, 9.17) is 0 Å². The van der Waals surface area contributed by atoms with Gasteiger partial charge in [0.05, 0.1) is 0 Å². The van der Waals surface area contributed by atoms with Crippen molar-refractivity contribution in [3.8, 4) is 0 Å². The van der Waals surface area contributed by atoms with E-state index < -0.39 is 0 Å². The Morgan fingerprint density at radius 1 is 1.10 bits per heavy atom. The molecule has 0 aromatic heterocycles. The summed E-state index contributed by atoms with van der Waals surface area (Å²) in [6.07, 6.45) is 1.65. The third kappa shape index (κ3) is 3.51. The first-order valence-electron chi connectivity index (χ1n) is 6.55. The Labute approximate surface area is 120 Å². The maximum atomic E-state index is 9.51. The SMILES string of the molecule is C=C(O)/C=C(\Nc1ccccc1)c1cc(C)ccc1C. The van der Waals surface area contributed by atoms with Gasteiger partial charge in [-0.25, -0.2) is 0 Å². The minimum absolute atomic E-state index is 0.0318. The van der Waals surface area contributed by atoms with Crippen molar-refractivity contribution >= 4 is 11.4 Å². The lowest BCUT2D eigenvalue weighted by molar-refractivity contribution is 0.435. The van der Waals surface area contributed by atoms with Gasteiger partial charge in [0.15, 0.2) is 0 Å². The fraction of sp³-hybridized carbons (Fsp3) is 0.111. The van der Waals surface area contributed by atoms with Crippen LogP contribution in [0.1, 0.15) is 16.7 Å². The van der Waals surface area contributed by atoms with E-state index in [-0.39, 0.29) is 5.76 Å². The summed E-state index contributed by atoms with van der Waals surface area (Å²) in [7, 11) is 0. The molecule has 0 saturated heterocycles. The first-order valence-corrected chi connectivity index (χ1v) is 6.55. The molecule has 0 heterocycles. The van der Waals surface area contributed by atoms with Crippen LogP contribution in [0.3, 0.4) is 0 Å². The van der Waals surface area contributed by atoms with E-state index in [0.717, 1.165) is 22.5 Å². The second-order valence-electron chi connectivity index (χ2n) is 4.86. The van der Waals surface area contributed by atoms with Gasteiger partial charge in [0, 0.05) is 23.0 Å². The maximum absolute atomic E-state index is 9.51. The smallest absolute Gasteiger partial charge is 0.110 e. The van der Waals surface area contributed by atoms with Gasteiger partial charge >= 0.3 is 0 Å². The quantitative estimate of drug-likeness (QED) is 0.613. The fourth-order valence-corrected chi connectivity index (χ4v) is 2.05. The van der Waals surface area contributed by atoms with E-state index in [2.05, 4.69) is 43.9 Å². The number of hydrogen-bond acceptors (Lipinski definition) is 2. The highest BCUT2D eigenvalue weighted by Crippen LogP contribution is 2.23. The van der Waals surface area contributed by atoms with E-state index in [1.165, 1.54) is 5.56 Å². The van der Waals surface area contributed by atoms with Gasteiger partial charge in [0.1, 0.15) is 5.76 Å². The number of hydrogen-bond donors (Lipinski definition) is 2. The average molecular weight is 265 g/mol. The molecule has 0 fully saturated rings. The van der Waals surface area contributed by atoms with Crippen LogP contribution in [-0.4, -0.2) is 5.11 Å². The third-order valence-electron chi connectivity index (χ3n) is 3.05. The number of anilines is 1. The Kier molecular flexibility index (Phi) is 4.26. The van der Waals surface area contributed by atoms with Crippen molar-refractivity contribution in [2.75, 3.05) is 5.32 Å². The summed E-state index contributed by atoms with van der Waals surface area (Å²) in [5.74, 6) is 0.0318. The van der Waals surface area contributed by atoms with Crippen LogP contribution in [0.5, 0.6) is 0 Å². The molecule has 0 spiro atoms. The van der Waals surface area contributed by atoms with Crippen LogP contribution >= 0.6 is 0 Å². The topological polar surface area (TPSA) is 32.3 Å². The zero-order valence-electron chi connectivity index (χ0n) is 11.9. The highest BCUT2D eigenvalue weighted by Gasteiger charge is 2.06. The Hall–Kier alpha value is -2.48. The molecule has 2 N–H and O–H groups in total. The molecule has 0 unspecified atom stereocenters. The zero-order valence-corrected chi connectivity index (χ0v) is 11.9. The molecule has 0 atom stereocenters. The van der Waals surface area contributed by atoms with Crippen LogP contribution in [0.15, 0.2) is 66.9 Å². The summed E-state index contributed by atoms with van der Waals surface area (Å²) in [5.41, 5.74) is 5.19. The Morgan fingerprint density at radius 3 is 2.45 bits per heavy atom. The van der Waals surface area contributed by atoms with Crippen LogP contribution in [0.25, 0.3) is 5.70 Å². The molecule has 0 aliphatic heterocycles. The molecule has 2 rings (SSSR count). The number of nitrogens with one attached hydrogen (secondary N) is 1. The van der Waals surface area contributed by atoms with Crippen LogP contribution < -0.4 is 5.32 Å². The number of rotatable bonds is 4. The number of benzene rings is 2. The summed E-state index contributed by atoms with van der Waals surface area (Å²) < 4.78 is 0. The zero-order chi connectivity index (χ0) is 14.5. The summed E-state index contributed by atoms with van der Waals surface area (Å²) in [4.78, 5) is 0. The second kappa shape index (κ2) is 6.11. The summed E-state index contributed by atoms with van der Waals surface area (Å²) in [6, 6.07) is 16.1. The van der Waals surface area contributed by atoms with Crippen LogP contribution in [0.2, 0.25) is 0 Å². The largest absolute Gasteiger partial charge is 0.509 e. The molecule has 20 heavy (non-hydrogen) atoms. The number of aliphatic hydroxyl groups excluding tert-OH is 1. The van der Waals surface area contributed by atoms with E-state index in [1.54, 1.807) is 6.08 Å². The van der Waals surface area contributed by atoms with Crippen molar-refractivity contribution in [3.05, 3.63) is 83.6 Å². The molecular weight excluding hydrogens is 246 g/mol. The van der Waals surface area contributed by atoms with Gasteiger partial charge in [-0.3, -0.25) is 0 Å². The standard InChI is InChI=1S/C18H19NO/c1-13-9-10-14(2)17(11-13)18(12-15(3)20)19-16-7-5-4-6-8-16/h4-12,19-20H,3H2,1-2H3/b18-12-. The molecule has 2 heteroatoms. The molecule has 2 aromatic rings. The van der Waals surface area contributed by atoms with Gasteiger partial charge in [0.25, 0.3) is 0 Å². The van der Waals surface area contributed by atoms with Crippen molar-refractivity contribution in [1.29, 1.82) is 0 Å². The highest BCUT2D eigenvalue weighted by atomic mass is 16.3. The highest BCUT2D eigenvalue weighted by molar-refractivity contribution is 5.79. The van der Waals surface area contributed by atoms with E-state index in [1.807, 2.05) is 30.3 Å². The van der Waals surface area contributed by atoms with Crippen LogP contribution in [-0.2, 0) is 0 Å². The number of allylic oxidation sites excluding steroid dienone is 1. The molecule has 0 aliphatic rings. The molecule has 0 bridgehead atoms. The van der Waals surface area contributed by atoms with Gasteiger partial charge < -0.3 is 10.4 Å². The Balaban J connectivity index is 2.43. The predicted octanol–water partition coefficient (Wildman–Crippen LogP) is 4.83. The minimum atomic E-state index is 0.0318. The molecule has 102 valence electrons. The van der Waals surface area contributed by atoms with E-state index >= 15 is 0 Å². The normalized spacial score (nSPS) is 11.2. The van der Waals surface area contributed by atoms with E-state index in [9.17, 15) is 5.11 Å². The number of aliphatic hydroxyl groups is 1. The van der Waals surface area contributed by atoms with Gasteiger partial charge in [-0.15, -0.1) is 0 Å². The molecular formula is C18H19NO. The number of para-hydroxylation sites is 1. The molecule has 2 nitrogen and oxygen atoms in total. The summed E-state index contributed by atoms with van der Waals surface area (Å²) in [5, 5.41) is 12.8. The first-order chi connectivity index (χ1) is 9.56. The molecule has 2 aromatic carbocycles. The fourth-order valence-electron chi connectivity index (χ4n) is 2.05. The first kappa shape index (κ1) is 13.9. The third-order valence-corrected chi connectivity index (χ3v) is 3.05. The lowest BCUT2D eigenvalue weighted by Crippen LogP contribution is -2.02. The van der Waals surface area contributed by atoms with Crippen molar-refractivity contribution < 1.29 is 5.11 Å². The Bertz CT molecular complexity index is 642. The maximum Gasteiger partial charge on any atom is 0.110 e. The Morgan fingerprint density at radius 2 is 1.80 bits per heavy atom. The van der Waals surface area contributed by atoms with E-state index in [0.29, 0.717) is 0 Å². The van der Waals surface area contributed by atoms with Crippen LogP contribution in [0, 0.1) is 13.8 Å². The van der Waals surface area contributed by atoms with Crippen molar-refractivity contribution in [1.82, 2.24) is 0 Å². The lowest BCUT2D eigenvalue weighted by Gasteiger charge is -2.14. The molecule has 0 amide bonds. The molecule has 0 radical (unpaired) electrons. The average Bonchev–Trinajstić information content (AvgIpc) is 2.41. The second-order valence-corrected chi connectivity index (χ2v) is 4.86. The van der Waals surface area contributed by atoms with Gasteiger partial charge in [0.2, 0.25) is 0 Å². The minimum Gasteiger partial charge on any atom is -0.509 e. The van der Waals surface area contributed by atoms with Crippen molar-refractivity contribution in [2.24, 2.45) is 0 Å². The summed E-state index contributed by atoms with van der Waals surface area (Å²) >= 11 is 0. The van der Waals surface area contributed by atoms with Gasteiger partial charge in [-0.1, -0.05) is 42.5 Å². The van der Waals surface area contributed by atoms with Gasteiger partial charge in [-0.05, 0) is 37.6 Å². The summed E-state index contributed by atoms with van der Waals surface area (Å²) in [6.45, 7) is 7.66. The number of aryl methyl sites for hydroxylation is 2. The van der Waals surface area contributed by atoms with Gasteiger partial charge in [-0.2, -0.15) is 0 Å². The molecule has 0 saturated carbocycles. The van der Waals surface area contributed by atoms with Crippen LogP contribution in [0.4, 0.5) is 5.69 Å². The van der Waals surface area contributed by atoms with Crippen molar-refractivity contribution in [3.63, 3.8) is 0 Å².